The fourth-order valence-electron chi connectivity index (χ4n) is 3.69. The van der Waals surface area contributed by atoms with Gasteiger partial charge in [-0.1, -0.05) is 47.5 Å². The number of likely N-dealkylation sites (N-methyl/N-ethyl adjacent to an activating group) is 2. The predicted molar refractivity (Wildman–Crippen MR) is 81.0 cm³/mol. The van der Waals surface area contributed by atoms with E-state index in [1.54, 1.807) is 0 Å². The predicted octanol–water partition coefficient (Wildman–Crippen LogP) is 3.67. The molecule has 0 heterocycles. The number of nitrogens with zero attached hydrogens (tertiary/aromatic N) is 1. The highest BCUT2D eigenvalue weighted by Gasteiger charge is 2.41. The van der Waals surface area contributed by atoms with Crippen LogP contribution in [0.4, 0.5) is 0 Å². The molecular weight excluding hydrogens is 220 g/mol. The molecule has 0 bridgehead atoms. The average molecular weight is 254 g/mol. The molecule has 1 saturated carbocycles. The van der Waals surface area contributed by atoms with E-state index in [9.17, 15) is 0 Å². The van der Waals surface area contributed by atoms with E-state index in [2.05, 4.69) is 44.8 Å². The van der Waals surface area contributed by atoms with Gasteiger partial charge in [0.05, 0.1) is 0 Å². The Hall–Kier alpha value is -0.0800. The normalized spacial score (nSPS) is 18.3. The van der Waals surface area contributed by atoms with Gasteiger partial charge in [0.25, 0.3) is 0 Å². The second-order valence-electron chi connectivity index (χ2n) is 5.77. The molecule has 1 aliphatic rings. The summed E-state index contributed by atoms with van der Waals surface area (Å²) >= 11 is 0. The molecule has 0 aromatic heterocycles. The van der Waals surface area contributed by atoms with Crippen molar-refractivity contribution in [2.75, 3.05) is 19.6 Å². The first-order valence-electron chi connectivity index (χ1n) is 8.16. The zero-order valence-corrected chi connectivity index (χ0v) is 13.3. The number of rotatable bonds is 10. The van der Waals surface area contributed by atoms with E-state index < -0.39 is 0 Å². The highest BCUT2D eigenvalue weighted by Crippen LogP contribution is 2.39. The van der Waals surface area contributed by atoms with Crippen LogP contribution in [0.2, 0.25) is 0 Å². The van der Waals surface area contributed by atoms with Gasteiger partial charge in [-0.15, -0.1) is 0 Å². The van der Waals surface area contributed by atoms with Gasteiger partial charge in [0.1, 0.15) is 0 Å². The summed E-state index contributed by atoms with van der Waals surface area (Å²) in [4.78, 5) is 2.70. The lowest BCUT2D eigenvalue weighted by atomic mass is 9.79. The van der Waals surface area contributed by atoms with E-state index in [1.165, 1.54) is 45.2 Å². The maximum Gasteiger partial charge on any atom is 0.0357 e. The molecule has 18 heavy (non-hydrogen) atoms. The molecule has 2 heteroatoms. The standard InChI is InChI=1S/C16H34N2/c1-6-16(7-2,18(9-4)10-5)15(17-8-3)13-14-11-12-14/h14-15,17H,6-13H2,1-5H3. The van der Waals surface area contributed by atoms with Gasteiger partial charge >= 0.3 is 0 Å². The van der Waals surface area contributed by atoms with Crippen LogP contribution in [0.25, 0.3) is 0 Å². The zero-order chi connectivity index (χ0) is 13.6. The van der Waals surface area contributed by atoms with Crippen LogP contribution in [0.15, 0.2) is 0 Å². The molecule has 108 valence electrons. The van der Waals surface area contributed by atoms with Crippen molar-refractivity contribution < 1.29 is 0 Å². The van der Waals surface area contributed by atoms with E-state index in [0.717, 1.165) is 12.5 Å². The zero-order valence-electron chi connectivity index (χ0n) is 13.3. The summed E-state index contributed by atoms with van der Waals surface area (Å²) in [6, 6.07) is 0.671. The lowest BCUT2D eigenvalue weighted by molar-refractivity contribution is 0.0446. The molecule has 1 rings (SSSR count). The van der Waals surface area contributed by atoms with Gasteiger partial charge in [-0.2, -0.15) is 0 Å². The second-order valence-corrected chi connectivity index (χ2v) is 5.77. The van der Waals surface area contributed by atoms with Crippen molar-refractivity contribution in [1.29, 1.82) is 0 Å². The third-order valence-electron chi connectivity index (χ3n) is 4.98. The third-order valence-corrected chi connectivity index (χ3v) is 4.98. The first-order valence-corrected chi connectivity index (χ1v) is 8.16. The Bertz CT molecular complexity index is 215. The first kappa shape index (κ1) is 16.0. The van der Waals surface area contributed by atoms with Crippen LogP contribution >= 0.6 is 0 Å². The Labute approximate surface area is 115 Å². The van der Waals surface area contributed by atoms with Gasteiger partial charge in [-0.3, -0.25) is 4.90 Å². The minimum atomic E-state index is 0.363. The van der Waals surface area contributed by atoms with Crippen LogP contribution in [-0.2, 0) is 0 Å². The van der Waals surface area contributed by atoms with Crippen LogP contribution in [0.1, 0.15) is 66.7 Å². The topological polar surface area (TPSA) is 15.3 Å². The number of hydrogen-bond acceptors (Lipinski definition) is 2. The van der Waals surface area contributed by atoms with Gasteiger partial charge in [0.15, 0.2) is 0 Å². The Morgan fingerprint density at radius 2 is 1.61 bits per heavy atom. The molecule has 1 fully saturated rings. The molecule has 2 nitrogen and oxygen atoms in total. The molecule has 0 radical (unpaired) electrons. The average Bonchev–Trinajstić information content (AvgIpc) is 3.20. The van der Waals surface area contributed by atoms with E-state index in [4.69, 9.17) is 0 Å². The van der Waals surface area contributed by atoms with E-state index >= 15 is 0 Å². The quantitative estimate of drug-likeness (QED) is 0.640. The van der Waals surface area contributed by atoms with Gasteiger partial charge in [0.2, 0.25) is 0 Å². The lowest BCUT2D eigenvalue weighted by Gasteiger charge is -2.48. The molecule has 0 aliphatic heterocycles. The summed E-state index contributed by atoms with van der Waals surface area (Å²) < 4.78 is 0. The van der Waals surface area contributed by atoms with Crippen molar-refractivity contribution in [3.8, 4) is 0 Å². The Kier molecular flexibility index (Phi) is 6.65. The van der Waals surface area contributed by atoms with E-state index in [1.807, 2.05) is 0 Å². The summed E-state index contributed by atoms with van der Waals surface area (Å²) in [6.45, 7) is 15.1. The fourth-order valence-corrected chi connectivity index (χ4v) is 3.69. The van der Waals surface area contributed by atoms with Crippen molar-refractivity contribution >= 4 is 0 Å². The smallest absolute Gasteiger partial charge is 0.0357 e. The summed E-state index contributed by atoms with van der Waals surface area (Å²) in [5, 5.41) is 3.80. The second kappa shape index (κ2) is 7.49. The Morgan fingerprint density at radius 3 is 1.94 bits per heavy atom. The highest BCUT2D eigenvalue weighted by atomic mass is 15.2. The summed E-state index contributed by atoms with van der Waals surface area (Å²) in [6.07, 6.45) is 6.82. The van der Waals surface area contributed by atoms with Gasteiger partial charge in [-0.25, -0.2) is 0 Å². The summed E-state index contributed by atoms with van der Waals surface area (Å²) in [7, 11) is 0. The molecule has 0 aromatic rings. The molecule has 0 saturated heterocycles. The van der Waals surface area contributed by atoms with E-state index in [-0.39, 0.29) is 0 Å². The minimum Gasteiger partial charge on any atom is -0.312 e. The number of nitrogens with one attached hydrogen (secondary N) is 1. The minimum absolute atomic E-state index is 0.363. The molecule has 0 spiro atoms. The van der Waals surface area contributed by atoms with Gasteiger partial charge in [-0.05, 0) is 44.8 Å². The van der Waals surface area contributed by atoms with Crippen LogP contribution < -0.4 is 5.32 Å². The number of hydrogen-bond donors (Lipinski definition) is 1. The monoisotopic (exact) mass is 254 g/mol. The van der Waals surface area contributed by atoms with Crippen molar-refractivity contribution in [2.45, 2.75) is 78.3 Å². The van der Waals surface area contributed by atoms with E-state index in [0.29, 0.717) is 11.6 Å². The summed E-state index contributed by atoms with van der Waals surface area (Å²) in [5.41, 5.74) is 0.363. The SMILES string of the molecule is CCNC(CC1CC1)C(CC)(CC)N(CC)CC. The highest BCUT2D eigenvalue weighted by molar-refractivity contribution is 5.00. The Morgan fingerprint density at radius 1 is 1.06 bits per heavy atom. The molecule has 1 aliphatic carbocycles. The molecule has 0 aromatic carbocycles. The molecule has 1 unspecified atom stereocenters. The molecule has 0 amide bonds. The van der Waals surface area contributed by atoms with Crippen LogP contribution in [0, 0.1) is 5.92 Å². The molecular formula is C16H34N2. The van der Waals surface area contributed by atoms with Crippen molar-refractivity contribution in [2.24, 2.45) is 5.92 Å². The lowest BCUT2D eigenvalue weighted by Crippen LogP contribution is -2.61. The first-order chi connectivity index (χ1) is 8.68. The van der Waals surface area contributed by atoms with Gasteiger partial charge in [0, 0.05) is 11.6 Å². The van der Waals surface area contributed by atoms with Crippen molar-refractivity contribution in [1.82, 2.24) is 10.2 Å². The summed E-state index contributed by atoms with van der Waals surface area (Å²) in [5.74, 6) is 1.00. The van der Waals surface area contributed by atoms with Crippen molar-refractivity contribution in [3.63, 3.8) is 0 Å². The third kappa shape index (κ3) is 3.48. The largest absolute Gasteiger partial charge is 0.312 e. The van der Waals surface area contributed by atoms with Crippen LogP contribution in [0.3, 0.4) is 0 Å². The van der Waals surface area contributed by atoms with Crippen molar-refractivity contribution in [3.05, 3.63) is 0 Å². The fraction of sp³-hybridized carbons (Fsp3) is 1.00. The Balaban J connectivity index is 2.87. The maximum atomic E-state index is 3.80. The van der Waals surface area contributed by atoms with Crippen LogP contribution in [0.5, 0.6) is 0 Å². The van der Waals surface area contributed by atoms with Crippen LogP contribution in [-0.4, -0.2) is 36.1 Å². The molecule has 1 atom stereocenters. The maximum absolute atomic E-state index is 3.80. The van der Waals surface area contributed by atoms with Gasteiger partial charge < -0.3 is 5.32 Å². The molecule has 1 N–H and O–H groups in total.